The summed E-state index contributed by atoms with van der Waals surface area (Å²) in [4.78, 5) is 11.5. The first-order chi connectivity index (χ1) is 9.79. The van der Waals surface area contributed by atoms with Gasteiger partial charge in [-0.3, -0.25) is 4.79 Å². The zero-order chi connectivity index (χ0) is 15.6. The zero-order valence-corrected chi connectivity index (χ0v) is 12.6. The summed E-state index contributed by atoms with van der Waals surface area (Å²) in [6, 6.07) is 10.8. The molecule has 0 bridgehead atoms. The van der Waals surface area contributed by atoms with E-state index in [1.54, 1.807) is 12.1 Å². The minimum Gasteiger partial charge on any atom is -0.508 e. The van der Waals surface area contributed by atoms with Gasteiger partial charge in [0.05, 0.1) is 10.6 Å². The highest BCUT2D eigenvalue weighted by Crippen LogP contribution is 2.24. The molecule has 0 atom stereocenters. The fourth-order valence-corrected chi connectivity index (χ4v) is 3.31. The molecular weight excluding hydrogens is 288 g/mol. The van der Waals surface area contributed by atoms with Crippen LogP contribution in [0.4, 0.5) is 0 Å². The third-order valence-electron chi connectivity index (χ3n) is 3.21. The van der Waals surface area contributed by atoms with E-state index in [1.807, 2.05) is 6.92 Å². The average molecular weight is 304 g/mol. The second kappa shape index (κ2) is 5.69. The Hall–Kier alpha value is -2.14. The van der Waals surface area contributed by atoms with Crippen molar-refractivity contribution in [2.45, 2.75) is 24.5 Å². The largest absolute Gasteiger partial charge is 0.508 e. The van der Waals surface area contributed by atoms with Crippen LogP contribution in [0.15, 0.2) is 47.4 Å². The molecule has 5 heteroatoms. The maximum absolute atomic E-state index is 12.4. The predicted octanol–water partition coefficient (Wildman–Crippen LogP) is 2.88. The first-order valence-corrected chi connectivity index (χ1v) is 8.07. The molecule has 2 rings (SSSR count). The number of sulfone groups is 1. The highest BCUT2D eigenvalue weighted by Gasteiger charge is 2.18. The number of rotatable bonds is 4. The minimum absolute atomic E-state index is 0.129. The third-order valence-corrected chi connectivity index (χ3v) is 4.89. The minimum atomic E-state index is -3.57. The quantitative estimate of drug-likeness (QED) is 0.882. The first kappa shape index (κ1) is 15.3. The molecule has 2 aromatic rings. The molecule has 0 amide bonds. The number of hydrogen-bond acceptors (Lipinski definition) is 4. The van der Waals surface area contributed by atoms with Crippen molar-refractivity contribution in [2.75, 3.05) is 0 Å². The van der Waals surface area contributed by atoms with Gasteiger partial charge in [-0.05, 0) is 44.2 Å². The van der Waals surface area contributed by atoms with Gasteiger partial charge in [-0.25, -0.2) is 8.42 Å². The molecular formula is C16H16O4S. The number of carbonyl (C=O) groups excluding carboxylic acids is 1. The summed E-state index contributed by atoms with van der Waals surface area (Å²) in [7, 11) is -3.57. The smallest absolute Gasteiger partial charge is 0.182 e. The molecule has 2 aromatic carbocycles. The maximum Gasteiger partial charge on any atom is 0.182 e. The van der Waals surface area contributed by atoms with E-state index in [4.69, 9.17) is 0 Å². The van der Waals surface area contributed by atoms with Crippen LogP contribution in [0.3, 0.4) is 0 Å². The normalized spacial score (nSPS) is 11.3. The molecule has 0 spiro atoms. The van der Waals surface area contributed by atoms with Gasteiger partial charge in [-0.15, -0.1) is 0 Å². The van der Waals surface area contributed by atoms with Crippen LogP contribution in [0.25, 0.3) is 0 Å². The van der Waals surface area contributed by atoms with Crippen molar-refractivity contribution >= 4 is 15.6 Å². The summed E-state index contributed by atoms with van der Waals surface area (Å²) in [5, 5.41) is 9.80. The number of ketones is 1. The van der Waals surface area contributed by atoms with E-state index in [-0.39, 0.29) is 27.7 Å². The molecule has 0 aliphatic carbocycles. The Labute approximate surface area is 124 Å². The molecule has 0 aliphatic heterocycles. The summed E-state index contributed by atoms with van der Waals surface area (Å²) in [6.45, 7) is 3.27. The molecule has 0 aliphatic rings. The topological polar surface area (TPSA) is 71.4 Å². The summed E-state index contributed by atoms with van der Waals surface area (Å²) in [5.41, 5.74) is 1.57. The number of hydrogen-bond donors (Lipinski definition) is 1. The van der Waals surface area contributed by atoms with E-state index in [1.165, 1.54) is 37.3 Å². The molecule has 0 unspecified atom stereocenters. The van der Waals surface area contributed by atoms with Crippen molar-refractivity contribution in [1.29, 1.82) is 0 Å². The Balaban J connectivity index is 2.38. The second-order valence-corrected chi connectivity index (χ2v) is 6.96. The number of Topliss-reactive ketones (excluding diaryl/α,β-unsaturated/α-hetero) is 1. The predicted molar refractivity (Wildman–Crippen MR) is 80.2 cm³/mol. The first-order valence-electron chi connectivity index (χ1n) is 6.42. The van der Waals surface area contributed by atoms with Crippen LogP contribution < -0.4 is 0 Å². The number of phenolic OH excluding ortho intramolecular Hbond substituents is 1. The van der Waals surface area contributed by atoms with Gasteiger partial charge in [0.25, 0.3) is 0 Å². The van der Waals surface area contributed by atoms with E-state index >= 15 is 0 Å². The Morgan fingerprint density at radius 1 is 1.10 bits per heavy atom. The van der Waals surface area contributed by atoms with Crippen LogP contribution in [0.1, 0.15) is 28.4 Å². The van der Waals surface area contributed by atoms with Gasteiger partial charge >= 0.3 is 0 Å². The summed E-state index contributed by atoms with van der Waals surface area (Å²) in [5.74, 6) is -0.650. The SMILES string of the molecule is CC(=O)c1ccc(O)c(CS(=O)(=O)c2ccc(C)cc2)c1. The number of phenols is 1. The zero-order valence-electron chi connectivity index (χ0n) is 11.8. The number of carbonyl (C=O) groups is 1. The van der Waals surface area contributed by atoms with Crippen molar-refractivity contribution < 1.29 is 18.3 Å². The van der Waals surface area contributed by atoms with Crippen molar-refractivity contribution in [3.63, 3.8) is 0 Å². The molecule has 110 valence electrons. The monoisotopic (exact) mass is 304 g/mol. The average Bonchev–Trinajstić information content (AvgIpc) is 2.41. The van der Waals surface area contributed by atoms with Gasteiger partial charge in [0.15, 0.2) is 15.6 Å². The number of benzene rings is 2. The molecule has 0 aromatic heterocycles. The number of aromatic hydroxyl groups is 1. The van der Waals surface area contributed by atoms with Gasteiger partial charge < -0.3 is 5.11 Å². The number of aryl methyl sites for hydroxylation is 1. The van der Waals surface area contributed by atoms with Crippen molar-refractivity contribution in [3.8, 4) is 5.75 Å². The Bertz CT molecular complexity index is 774. The fraction of sp³-hybridized carbons (Fsp3) is 0.188. The molecule has 0 radical (unpaired) electrons. The third kappa shape index (κ3) is 3.49. The van der Waals surface area contributed by atoms with E-state index in [0.717, 1.165) is 5.56 Å². The van der Waals surface area contributed by atoms with Crippen molar-refractivity contribution in [3.05, 3.63) is 59.2 Å². The highest BCUT2D eigenvalue weighted by atomic mass is 32.2. The Morgan fingerprint density at radius 3 is 2.29 bits per heavy atom. The van der Waals surface area contributed by atoms with Crippen LogP contribution in [0.2, 0.25) is 0 Å². The molecule has 0 saturated heterocycles. The van der Waals surface area contributed by atoms with Gasteiger partial charge in [0, 0.05) is 11.1 Å². The lowest BCUT2D eigenvalue weighted by Crippen LogP contribution is -2.06. The van der Waals surface area contributed by atoms with Gasteiger partial charge in [0.2, 0.25) is 0 Å². The second-order valence-electron chi connectivity index (χ2n) is 4.97. The lowest BCUT2D eigenvalue weighted by molar-refractivity contribution is 0.101. The highest BCUT2D eigenvalue weighted by molar-refractivity contribution is 7.90. The van der Waals surface area contributed by atoms with Crippen molar-refractivity contribution in [1.82, 2.24) is 0 Å². The van der Waals surface area contributed by atoms with Crippen molar-refractivity contribution in [2.24, 2.45) is 0 Å². The van der Waals surface area contributed by atoms with Crippen LogP contribution in [-0.2, 0) is 15.6 Å². The molecule has 21 heavy (non-hydrogen) atoms. The molecule has 4 nitrogen and oxygen atoms in total. The van der Waals surface area contributed by atoms with Gasteiger partial charge in [0.1, 0.15) is 5.75 Å². The lowest BCUT2D eigenvalue weighted by atomic mass is 10.1. The molecule has 0 heterocycles. The summed E-state index contributed by atoms with van der Waals surface area (Å²) < 4.78 is 24.7. The Kier molecular flexibility index (Phi) is 4.14. The van der Waals surface area contributed by atoms with Crippen LogP contribution >= 0.6 is 0 Å². The van der Waals surface area contributed by atoms with E-state index in [2.05, 4.69) is 0 Å². The van der Waals surface area contributed by atoms with Crippen LogP contribution in [-0.4, -0.2) is 19.3 Å². The van der Waals surface area contributed by atoms with Gasteiger partial charge in [-0.2, -0.15) is 0 Å². The van der Waals surface area contributed by atoms with E-state index in [9.17, 15) is 18.3 Å². The van der Waals surface area contributed by atoms with Crippen LogP contribution in [0.5, 0.6) is 5.75 Å². The molecule has 0 fully saturated rings. The van der Waals surface area contributed by atoms with E-state index in [0.29, 0.717) is 5.56 Å². The molecule has 1 N–H and O–H groups in total. The fourth-order valence-electron chi connectivity index (χ4n) is 1.95. The maximum atomic E-state index is 12.4. The van der Waals surface area contributed by atoms with E-state index < -0.39 is 9.84 Å². The lowest BCUT2D eigenvalue weighted by Gasteiger charge is -2.08. The standard InChI is InChI=1S/C16H16O4S/c1-11-3-6-15(7-4-11)21(19,20)10-14-9-13(12(2)17)5-8-16(14)18/h3-9,18H,10H2,1-2H3. The summed E-state index contributed by atoms with van der Waals surface area (Å²) in [6.07, 6.45) is 0. The van der Waals surface area contributed by atoms with Crippen LogP contribution in [0, 0.1) is 6.92 Å². The molecule has 0 saturated carbocycles. The summed E-state index contributed by atoms with van der Waals surface area (Å²) >= 11 is 0. The Morgan fingerprint density at radius 2 is 1.71 bits per heavy atom. The van der Waals surface area contributed by atoms with Gasteiger partial charge in [-0.1, -0.05) is 17.7 Å².